The van der Waals surface area contributed by atoms with E-state index in [0.29, 0.717) is 6.42 Å². The molecule has 2 heteroatoms. The monoisotopic (exact) mass is 202 g/mol. The van der Waals surface area contributed by atoms with Crippen LogP contribution in [0, 0.1) is 0 Å². The van der Waals surface area contributed by atoms with Gasteiger partial charge in [0.15, 0.2) is 5.78 Å². The Labute approximate surface area is 89.6 Å². The highest BCUT2D eigenvalue weighted by Gasteiger charge is 2.30. The average molecular weight is 202 g/mol. The standard InChI is InChI=1S/C13H14O2/c1-13(8-7-11(14)9-13)10-3-5-12(15-2)6-4-10/h3-8H,9H2,1-2H3. The zero-order chi connectivity index (χ0) is 10.9. The normalized spacial score (nSPS) is 24.5. The molecule has 0 N–H and O–H groups in total. The molecule has 1 aromatic carbocycles. The molecule has 0 saturated heterocycles. The molecule has 1 aliphatic carbocycles. The molecule has 1 aromatic rings. The molecule has 15 heavy (non-hydrogen) atoms. The van der Waals surface area contributed by atoms with Gasteiger partial charge in [0.1, 0.15) is 5.75 Å². The van der Waals surface area contributed by atoms with Crippen molar-refractivity contribution in [1.29, 1.82) is 0 Å². The van der Waals surface area contributed by atoms with Crippen molar-refractivity contribution in [3.8, 4) is 5.75 Å². The highest BCUT2D eigenvalue weighted by atomic mass is 16.5. The van der Waals surface area contributed by atoms with Gasteiger partial charge in [0.25, 0.3) is 0 Å². The minimum absolute atomic E-state index is 0.136. The van der Waals surface area contributed by atoms with Gasteiger partial charge in [0, 0.05) is 11.8 Å². The summed E-state index contributed by atoms with van der Waals surface area (Å²) in [5.74, 6) is 1.05. The van der Waals surface area contributed by atoms with E-state index < -0.39 is 0 Å². The SMILES string of the molecule is COc1ccc(C2(C)C=CC(=O)C2)cc1. The molecule has 1 unspecified atom stereocenters. The lowest BCUT2D eigenvalue weighted by Gasteiger charge is -2.21. The van der Waals surface area contributed by atoms with Gasteiger partial charge in [-0.25, -0.2) is 0 Å². The minimum atomic E-state index is -0.136. The second kappa shape index (κ2) is 3.54. The van der Waals surface area contributed by atoms with Crippen LogP contribution in [-0.4, -0.2) is 12.9 Å². The van der Waals surface area contributed by atoms with Gasteiger partial charge >= 0.3 is 0 Å². The van der Waals surface area contributed by atoms with Gasteiger partial charge in [0.05, 0.1) is 7.11 Å². The number of allylic oxidation sites excluding steroid dienone is 2. The molecule has 2 rings (SSSR count). The Morgan fingerprint density at radius 1 is 1.27 bits per heavy atom. The number of carbonyl (C=O) groups excluding carboxylic acids is 1. The van der Waals surface area contributed by atoms with Gasteiger partial charge < -0.3 is 4.74 Å². The maximum atomic E-state index is 11.2. The van der Waals surface area contributed by atoms with E-state index in [9.17, 15) is 4.79 Å². The number of hydrogen-bond donors (Lipinski definition) is 0. The van der Waals surface area contributed by atoms with Crippen LogP contribution in [0.1, 0.15) is 18.9 Å². The molecule has 0 radical (unpaired) electrons. The fourth-order valence-corrected chi connectivity index (χ4v) is 1.93. The molecule has 1 atom stereocenters. The van der Waals surface area contributed by atoms with Crippen molar-refractivity contribution in [2.45, 2.75) is 18.8 Å². The summed E-state index contributed by atoms with van der Waals surface area (Å²) in [5, 5.41) is 0. The van der Waals surface area contributed by atoms with Gasteiger partial charge in [-0.3, -0.25) is 4.79 Å². The van der Waals surface area contributed by atoms with Crippen LogP contribution in [0.15, 0.2) is 36.4 Å². The Hall–Kier alpha value is -1.57. The lowest BCUT2D eigenvalue weighted by molar-refractivity contribution is -0.114. The molecule has 2 nitrogen and oxygen atoms in total. The third-order valence-electron chi connectivity index (χ3n) is 2.93. The van der Waals surface area contributed by atoms with E-state index in [4.69, 9.17) is 4.74 Å². The number of hydrogen-bond acceptors (Lipinski definition) is 2. The van der Waals surface area contributed by atoms with Crippen LogP contribution in [0.3, 0.4) is 0 Å². The van der Waals surface area contributed by atoms with Crippen LogP contribution in [-0.2, 0) is 10.2 Å². The summed E-state index contributed by atoms with van der Waals surface area (Å²) in [5.41, 5.74) is 1.02. The van der Waals surface area contributed by atoms with Crippen molar-refractivity contribution in [1.82, 2.24) is 0 Å². The second-order valence-electron chi connectivity index (χ2n) is 4.12. The summed E-state index contributed by atoms with van der Waals surface area (Å²) in [4.78, 5) is 11.2. The third-order valence-corrected chi connectivity index (χ3v) is 2.93. The van der Waals surface area contributed by atoms with Crippen molar-refractivity contribution in [2.75, 3.05) is 7.11 Å². The first-order chi connectivity index (χ1) is 7.14. The van der Waals surface area contributed by atoms with Gasteiger partial charge in [0.2, 0.25) is 0 Å². The fourth-order valence-electron chi connectivity index (χ4n) is 1.93. The number of rotatable bonds is 2. The first-order valence-electron chi connectivity index (χ1n) is 5.01. The van der Waals surface area contributed by atoms with Crippen molar-refractivity contribution >= 4 is 5.78 Å². The summed E-state index contributed by atoms with van der Waals surface area (Å²) in [6.07, 6.45) is 4.22. The predicted molar refractivity (Wildman–Crippen MR) is 59.1 cm³/mol. The molecule has 1 aliphatic rings. The Bertz CT molecular complexity index is 403. The van der Waals surface area contributed by atoms with Gasteiger partial charge in [-0.2, -0.15) is 0 Å². The van der Waals surface area contributed by atoms with Crippen LogP contribution >= 0.6 is 0 Å². The lowest BCUT2D eigenvalue weighted by atomic mass is 9.82. The molecule has 78 valence electrons. The van der Waals surface area contributed by atoms with E-state index in [2.05, 4.69) is 6.92 Å². The molecule has 0 heterocycles. The summed E-state index contributed by atoms with van der Waals surface area (Å²) >= 11 is 0. The maximum absolute atomic E-state index is 11.2. The van der Waals surface area contributed by atoms with Gasteiger partial charge in [-0.1, -0.05) is 25.1 Å². The highest BCUT2D eigenvalue weighted by molar-refractivity contribution is 5.94. The van der Waals surface area contributed by atoms with Crippen LogP contribution in [0.5, 0.6) is 5.75 Å². The largest absolute Gasteiger partial charge is 0.497 e. The van der Waals surface area contributed by atoms with Crippen molar-refractivity contribution in [3.63, 3.8) is 0 Å². The number of methoxy groups -OCH3 is 1. The van der Waals surface area contributed by atoms with Gasteiger partial charge in [-0.05, 0) is 23.8 Å². The Kier molecular flexibility index (Phi) is 2.35. The van der Waals surface area contributed by atoms with E-state index in [1.54, 1.807) is 13.2 Å². The van der Waals surface area contributed by atoms with Crippen LogP contribution in [0.25, 0.3) is 0 Å². The van der Waals surface area contributed by atoms with Crippen LogP contribution < -0.4 is 4.74 Å². The molecule has 0 bridgehead atoms. The number of carbonyl (C=O) groups is 1. The fraction of sp³-hybridized carbons (Fsp3) is 0.308. The predicted octanol–water partition coefficient (Wildman–Crippen LogP) is 2.48. The van der Waals surface area contributed by atoms with E-state index in [1.807, 2.05) is 30.3 Å². The Morgan fingerprint density at radius 3 is 2.40 bits per heavy atom. The summed E-state index contributed by atoms with van der Waals surface area (Å²) < 4.78 is 5.10. The quantitative estimate of drug-likeness (QED) is 0.736. The lowest BCUT2D eigenvalue weighted by Crippen LogP contribution is -2.17. The number of ether oxygens (including phenoxy) is 1. The summed E-state index contributed by atoms with van der Waals surface area (Å²) in [6, 6.07) is 7.89. The zero-order valence-corrected chi connectivity index (χ0v) is 8.99. The number of ketones is 1. The molecular formula is C13H14O2. The number of benzene rings is 1. The molecule has 0 spiro atoms. The van der Waals surface area contributed by atoms with E-state index in [-0.39, 0.29) is 11.2 Å². The topological polar surface area (TPSA) is 26.3 Å². The van der Waals surface area contributed by atoms with E-state index in [0.717, 1.165) is 11.3 Å². The molecule has 0 fully saturated rings. The Morgan fingerprint density at radius 2 is 1.93 bits per heavy atom. The van der Waals surface area contributed by atoms with Crippen LogP contribution in [0.2, 0.25) is 0 Å². The smallest absolute Gasteiger partial charge is 0.156 e. The summed E-state index contributed by atoms with van der Waals surface area (Å²) in [7, 11) is 1.65. The second-order valence-corrected chi connectivity index (χ2v) is 4.12. The van der Waals surface area contributed by atoms with Crippen molar-refractivity contribution < 1.29 is 9.53 Å². The molecule has 0 amide bonds. The average Bonchev–Trinajstić information content (AvgIpc) is 2.60. The van der Waals surface area contributed by atoms with Crippen molar-refractivity contribution in [3.05, 3.63) is 42.0 Å². The molecular weight excluding hydrogens is 188 g/mol. The third kappa shape index (κ3) is 1.80. The molecule has 0 saturated carbocycles. The maximum Gasteiger partial charge on any atom is 0.156 e. The van der Waals surface area contributed by atoms with Crippen molar-refractivity contribution in [2.24, 2.45) is 0 Å². The van der Waals surface area contributed by atoms with Crippen LogP contribution in [0.4, 0.5) is 0 Å². The van der Waals surface area contributed by atoms with E-state index >= 15 is 0 Å². The zero-order valence-electron chi connectivity index (χ0n) is 8.99. The first kappa shape index (κ1) is 9.97. The highest BCUT2D eigenvalue weighted by Crippen LogP contribution is 2.34. The first-order valence-corrected chi connectivity index (χ1v) is 5.01. The minimum Gasteiger partial charge on any atom is -0.497 e. The summed E-state index contributed by atoms with van der Waals surface area (Å²) in [6.45, 7) is 2.08. The van der Waals surface area contributed by atoms with E-state index in [1.165, 1.54) is 0 Å². The molecule has 0 aromatic heterocycles. The Balaban J connectivity index is 2.30. The van der Waals surface area contributed by atoms with Gasteiger partial charge in [-0.15, -0.1) is 0 Å². The molecule has 0 aliphatic heterocycles.